The summed E-state index contributed by atoms with van der Waals surface area (Å²) in [5, 5.41) is 3.35. The smallest absolute Gasteiger partial charge is 0.387 e. The zero-order valence-electron chi connectivity index (χ0n) is 14.0. The summed E-state index contributed by atoms with van der Waals surface area (Å²) < 4.78 is 34.7. The Balaban J connectivity index is 1.96. The summed E-state index contributed by atoms with van der Waals surface area (Å²) in [6.45, 7) is -0.975. The van der Waals surface area contributed by atoms with Crippen molar-refractivity contribution in [1.82, 2.24) is 10.3 Å². The minimum Gasteiger partial charge on any atom is -0.494 e. The lowest BCUT2D eigenvalue weighted by atomic mass is 10.0. The molecule has 0 unspecified atom stereocenters. The Morgan fingerprint density at radius 3 is 2.52 bits per heavy atom. The average molecular weight is 349 g/mol. The second-order valence-electron chi connectivity index (χ2n) is 5.77. The second kappa shape index (κ2) is 8.11. The van der Waals surface area contributed by atoms with Crippen LogP contribution < -0.4 is 19.7 Å². The van der Waals surface area contributed by atoms with Crippen LogP contribution in [0.1, 0.15) is 12.8 Å². The van der Waals surface area contributed by atoms with Crippen LogP contribution in [0.5, 0.6) is 11.5 Å². The quantitative estimate of drug-likeness (QED) is 0.864. The van der Waals surface area contributed by atoms with Crippen LogP contribution in [0.3, 0.4) is 0 Å². The number of ether oxygens (including phenoxy) is 2. The summed E-state index contributed by atoms with van der Waals surface area (Å²) in [7, 11) is 1.62. The molecule has 0 aliphatic carbocycles. The van der Waals surface area contributed by atoms with Gasteiger partial charge in [0, 0.05) is 24.0 Å². The van der Waals surface area contributed by atoms with E-state index >= 15 is 0 Å². The minimum absolute atomic E-state index is 0.141. The van der Waals surface area contributed by atoms with Crippen molar-refractivity contribution in [2.75, 3.05) is 25.1 Å². The molecule has 1 N–H and O–H groups in total. The number of hydrogen-bond acceptors (Lipinski definition) is 5. The van der Waals surface area contributed by atoms with E-state index in [2.05, 4.69) is 19.9 Å². The lowest BCUT2D eigenvalue weighted by Gasteiger charge is -2.37. The molecule has 0 saturated carbocycles. The number of aromatic nitrogens is 1. The van der Waals surface area contributed by atoms with Gasteiger partial charge in [0.25, 0.3) is 0 Å². The zero-order chi connectivity index (χ0) is 17.6. The monoisotopic (exact) mass is 349 g/mol. The van der Waals surface area contributed by atoms with Crippen LogP contribution in [0.2, 0.25) is 0 Å². The molecule has 1 aromatic heterocycles. The summed E-state index contributed by atoms with van der Waals surface area (Å²) in [5.41, 5.74) is 1.75. The van der Waals surface area contributed by atoms with E-state index in [1.165, 1.54) is 0 Å². The first kappa shape index (κ1) is 17.4. The van der Waals surface area contributed by atoms with Crippen LogP contribution in [0, 0.1) is 0 Å². The molecule has 1 saturated heterocycles. The summed E-state index contributed by atoms with van der Waals surface area (Å²) in [6.07, 6.45) is 5.38. The van der Waals surface area contributed by atoms with Crippen molar-refractivity contribution < 1.29 is 18.3 Å². The van der Waals surface area contributed by atoms with Gasteiger partial charge in [-0.1, -0.05) is 0 Å². The molecule has 7 heteroatoms. The van der Waals surface area contributed by atoms with Gasteiger partial charge in [0.05, 0.1) is 13.3 Å². The third-order valence-electron chi connectivity index (χ3n) is 4.25. The lowest BCUT2D eigenvalue weighted by molar-refractivity contribution is -0.0498. The van der Waals surface area contributed by atoms with E-state index in [0.717, 1.165) is 43.1 Å². The molecule has 0 bridgehead atoms. The van der Waals surface area contributed by atoms with Gasteiger partial charge < -0.3 is 19.7 Å². The molecular weight excluding hydrogens is 328 g/mol. The van der Waals surface area contributed by atoms with E-state index < -0.39 is 6.61 Å². The largest absolute Gasteiger partial charge is 0.494 e. The van der Waals surface area contributed by atoms with Gasteiger partial charge in [-0.2, -0.15) is 8.78 Å². The molecule has 0 atom stereocenters. The van der Waals surface area contributed by atoms with Crippen LogP contribution in [0.25, 0.3) is 0 Å². The molecule has 3 rings (SSSR count). The van der Waals surface area contributed by atoms with Crippen molar-refractivity contribution >= 4 is 11.4 Å². The fourth-order valence-corrected chi connectivity index (χ4v) is 3.13. The van der Waals surface area contributed by atoms with Gasteiger partial charge in [0.1, 0.15) is 17.2 Å². The first-order valence-corrected chi connectivity index (χ1v) is 8.22. The predicted octanol–water partition coefficient (Wildman–Crippen LogP) is 3.58. The Bertz CT molecular complexity index is 676. The minimum atomic E-state index is -2.83. The number of methoxy groups -OCH3 is 1. The highest BCUT2D eigenvalue weighted by atomic mass is 19.3. The van der Waals surface area contributed by atoms with E-state index in [1.807, 2.05) is 6.07 Å². The van der Waals surface area contributed by atoms with Gasteiger partial charge in [0.2, 0.25) is 0 Å². The first-order chi connectivity index (χ1) is 12.2. The Labute approximate surface area is 145 Å². The highest BCUT2D eigenvalue weighted by molar-refractivity contribution is 5.69. The Kier molecular flexibility index (Phi) is 5.65. The lowest BCUT2D eigenvalue weighted by Crippen LogP contribution is -2.41. The SMILES string of the molecule is COc1ccncc1N(c1ccc(OC(F)F)cc1)C1CCNCC1. The number of nitrogens with one attached hydrogen (secondary N) is 1. The maximum absolute atomic E-state index is 12.4. The molecule has 25 heavy (non-hydrogen) atoms. The molecular formula is C18H21F2N3O2. The number of hydrogen-bond donors (Lipinski definition) is 1. The molecule has 1 aliphatic heterocycles. The zero-order valence-corrected chi connectivity index (χ0v) is 14.0. The van der Waals surface area contributed by atoms with Crippen LogP contribution in [-0.2, 0) is 0 Å². The van der Waals surface area contributed by atoms with E-state index in [4.69, 9.17) is 4.74 Å². The molecule has 134 valence electrons. The van der Waals surface area contributed by atoms with Crippen molar-refractivity contribution in [2.45, 2.75) is 25.5 Å². The summed E-state index contributed by atoms with van der Waals surface area (Å²) in [4.78, 5) is 6.40. The maximum atomic E-state index is 12.4. The van der Waals surface area contributed by atoms with Crippen LogP contribution in [0.4, 0.5) is 20.2 Å². The molecule has 1 aromatic carbocycles. The predicted molar refractivity (Wildman–Crippen MR) is 91.9 cm³/mol. The topological polar surface area (TPSA) is 46.6 Å². The number of halogens is 2. The number of piperidine rings is 1. The molecule has 0 spiro atoms. The van der Waals surface area contributed by atoms with Gasteiger partial charge in [-0.05, 0) is 50.2 Å². The Morgan fingerprint density at radius 2 is 1.88 bits per heavy atom. The molecule has 0 radical (unpaired) electrons. The second-order valence-corrected chi connectivity index (χ2v) is 5.77. The average Bonchev–Trinajstić information content (AvgIpc) is 2.64. The number of benzene rings is 1. The van der Waals surface area contributed by atoms with Gasteiger partial charge in [-0.3, -0.25) is 4.98 Å². The molecule has 2 aromatic rings. The van der Waals surface area contributed by atoms with Crippen LogP contribution in [0.15, 0.2) is 42.7 Å². The standard InChI is InChI=1S/C18H21F2N3O2/c1-24-17-8-11-22-12-16(17)23(14-6-9-21-10-7-14)13-2-4-15(5-3-13)25-18(19)20/h2-5,8,11-12,14,18,21H,6-7,9-10H2,1H3. The number of anilines is 2. The number of pyridine rings is 1. The fraction of sp³-hybridized carbons (Fsp3) is 0.389. The van der Waals surface area contributed by atoms with Crippen molar-refractivity contribution in [3.05, 3.63) is 42.7 Å². The Hall–Kier alpha value is -2.41. The first-order valence-electron chi connectivity index (χ1n) is 8.22. The van der Waals surface area contributed by atoms with Gasteiger partial charge >= 0.3 is 6.61 Å². The number of nitrogens with zero attached hydrogens (tertiary/aromatic N) is 2. The summed E-state index contributed by atoms with van der Waals surface area (Å²) >= 11 is 0. The molecule has 2 heterocycles. The van der Waals surface area contributed by atoms with Crippen LogP contribution >= 0.6 is 0 Å². The number of rotatable bonds is 6. The maximum Gasteiger partial charge on any atom is 0.387 e. The van der Waals surface area contributed by atoms with Crippen molar-refractivity contribution in [1.29, 1.82) is 0 Å². The molecule has 5 nitrogen and oxygen atoms in total. The molecule has 1 fully saturated rings. The van der Waals surface area contributed by atoms with E-state index in [1.54, 1.807) is 43.8 Å². The van der Waals surface area contributed by atoms with Gasteiger partial charge in [-0.25, -0.2) is 0 Å². The van der Waals surface area contributed by atoms with E-state index in [-0.39, 0.29) is 11.8 Å². The number of alkyl halides is 2. The molecule has 1 aliphatic rings. The van der Waals surface area contributed by atoms with Crippen molar-refractivity contribution in [2.24, 2.45) is 0 Å². The van der Waals surface area contributed by atoms with Crippen LogP contribution in [-0.4, -0.2) is 37.8 Å². The third-order valence-corrected chi connectivity index (χ3v) is 4.25. The highest BCUT2D eigenvalue weighted by Crippen LogP contribution is 2.37. The molecule has 0 amide bonds. The van der Waals surface area contributed by atoms with Crippen molar-refractivity contribution in [3.8, 4) is 11.5 Å². The third kappa shape index (κ3) is 4.17. The normalized spacial score (nSPS) is 15.2. The van der Waals surface area contributed by atoms with Gasteiger partial charge in [0.15, 0.2) is 0 Å². The fourth-order valence-electron chi connectivity index (χ4n) is 3.13. The summed E-state index contributed by atoms with van der Waals surface area (Å²) in [6, 6.07) is 8.76. The van der Waals surface area contributed by atoms with Gasteiger partial charge in [-0.15, -0.1) is 0 Å². The van der Waals surface area contributed by atoms with E-state index in [0.29, 0.717) is 0 Å². The summed E-state index contributed by atoms with van der Waals surface area (Å²) in [5.74, 6) is 0.864. The van der Waals surface area contributed by atoms with Crippen molar-refractivity contribution in [3.63, 3.8) is 0 Å². The Morgan fingerprint density at radius 1 is 1.16 bits per heavy atom. The highest BCUT2D eigenvalue weighted by Gasteiger charge is 2.25. The van der Waals surface area contributed by atoms with E-state index in [9.17, 15) is 8.78 Å².